The highest BCUT2D eigenvalue weighted by Gasteiger charge is 2.46. The van der Waals surface area contributed by atoms with Gasteiger partial charge in [-0.1, -0.05) is 20.8 Å². The lowest BCUT2D eigenvalue weighted by Crippen LogP contribution is -2.66. The average Bonchev–Trinajstić information content (AvgIpc) is 2.38. The van der Waals surface area contributed by atoms with E-state index in [0.717, 1.165) is 19.3 Å². The molecule has 1 N–H and O–H groups in total. The van der Waals surface area contributed by atoms with E-state index in [4.69, 9.17) is 4.74 Å². The molecule has 1 saturated carbocycles. The molecule has 120 valence electrons. The van der Waals surface area contributed by atoms with E-state index in [1.54, 1.807) is 12.0 Å². The number of rotatable bonds is 6. The Hall–Kier alpha value is -1.10. The predicted octanol–water partition coefficient (Wildman–Crippen LogP) is 1.71. The van der Waals surface area contributed by atoms with Gasteiger partial charge in [-0.25, -0.2) is 0 Å². The molecule has 1 saturated heterocycles. The van der Waals surface area contributed by atoms with E-state index >= 15 is 0 Å². The largest absolute Gasteiger partial charge is 0.376 e. The highest BCUT2D eigenvalue weighted by molar-refractivity contribution is 5.97. The van der Waals surface area contributed by atoms with E-state index in [0.29, 0.717) is 25.3 Å². The van der Waals surface area contributed by atoms with Gasteiger partial charge in [-0.05, 0) is 38.0 Å². The first kappa shape index (κ1) is 16.3. The topological polar surface area (TPSA) is 58.6 Å². The zero-order chi connectivity index (χ0) is 15.6. The van der Waals surface area contributed by atoms with Crippen molar-refractivity contribution in [2.75, 3.05) is 13.7 Å². The highest BCUT2D eigenvalue weighted by atomic mass is 16.5. The van der Waals surface area contributed by atoms with E-state index in [2.05, 4.69) is 19.2 Å². The summed E-state index contributed by atoms with van der Waals surface area (Å²) < 4.78 is 5.64. The van der Waals surface area contributed by atoms with Crippen LogP contribution in [0.4, 0.5) is 0 Å². The number of hydrogen-bond acceptors (Lipinski definition) is 3. The Morgan fingerprint density at radius 1 is 1.38 bits per heavy atom. The minimum absolute atomic E-state index is 0.0201. The summed E-state index contributed by atoms with van der Waals surface area (Å²) in [7, 11) is 1.71. The molecule has 0 radical (unpaired) electrons. The molecule has 0 bridgehead atoms. The minimum Gasteiger partial charge on any atom is -0.376 e. The first-order chi connectivity index (χ1) is 9.92. The first-order valence-corrected chi connectivity index (χ1v) is 8.08. The van der Waals surface area contributed by atoms with Crippen LogP contribution in [-0.2, 0) is 14.3 Å². The molecule has 2 unspecified atom stereocenters. The summed E-state index contributed by atoms with van der Waals surface area (Å²) in [4.78, 5) is 26.8. The zero-order valence-corrected chi connectivity index (χ0v) is 13.6. The number of piperazine rings is 1. The van der Waals surface area contributed by atoms with E-state index in [-0.39, 0.29) is 29.5 Å². The van der Waals surface area contributed by atoms with Crippen molar-refractivity contribution >= 4 is 11.8 Å². The fourth-order valence-corrected chi connectivity index (χ4v) is 3.36. The number of amides is 2. The van der Waals surface area contributed by atoms with Crippen molar-refractivity contribution in [2.45, 2.75) is 70.6 Å². The minimum atomic E-state index is -0.380. The van der Waals surface area contributed by atoms with Crippen molar-refractivity contribution in [3.05, 3.63) is 0 Å². The molecule has 0 aromatic carbocycles. The van der Waals surface area contributed by atoms with Crippen LogP contribution in [0.3, 0.4) is 0 Å². The second kappa shape index (κ2) is 6.34. The van der Waals surface area contributed by atoms with Crippen molar-refractivity contribution in [3.8, 4) is 0 Å². The monoisotopic (exact) mass is 296 g/mol. The maximum absolute atomic E-state index is 12.8. The fraction of sp³-hybridized carbons (Fsp3) is 0.875. The maximum atomic E-state index is 12.8. The molecular formula is C16H28N2O3. The Morgan fingerprint density at radius 2 is 2.05 bits per heavy atom. The number of nitrogens with zero attached hydrogens (tertiary/aromatic N) is 1. The molecule has 2 aliphatic rings. The molecule has 5 nitrogen and oxygen atoms in total. The predicted molar refractivity (Wildman–Crippen MR) is 80.8 cm³/mol. The Morgan fingerprint density at radius 3 is 2.48 bits per heavy atom. The Kier molecular flexibility index (Phi) is 4.91. The first-order valence-electron chi connectivity index (χ1n) is 8.08. The summed E-state index contributed by atoms with van der Waals surface area (Å²) in [6.07, 6.45) is 4.41. The van der Waals surface area contributed by atoms with Crippen LogP contribution < -0.4 is 5.32 Å². The van der Waals surface area contributed by atoms with Crippen molar-refractivity contribution in [1.29, 1.82) is 0 Å². The Labute approximate surface area is 127 Å². The summed E-state index contributed by atoms with van der Waals surface area (Å²) in [5, 5.41) is 2.90. The molecule has 0 aromatic rings. The number of hydrogen-bond donors (Lipinski definition) is 1. The molecule has 5 heteroatoms. The quantitative estimate of drug-likeness (QED) is 0.812. The molecule has 2 fully saturated rings. The van der Waals surface area contributed by atoms with Gasteiger partial charge in [0.05, 0.1) is 12.1 Å². The third-order valence-corrected chi connectivity index (χ3v) is 4.83. The second-order valence-corrected chi connectivity index (χ2v) is 6.82. The highest BCUT2D eigenvalue weighted by Crippen LogP contribution is 2.37. The number of nitrogens with one attached hydrogen (secondary N) is 1. The van der Waals surface area contributed by atoms with Gasteiger partial charge in [0.1, 0.15) is 12.1 Å². The van der Waals surface area contributed by atoms with E-state index < -0.39 is 0 Å². The van der Waals surface area contributed by atoms with Crippen molar-refractivity contribution in [1.82, 2.24) is 10.2 Å². The van der Waals surface area contributed by atoms with Crippen LogP contribution in [0, 0.1) is 5.92 Å². The lowest BCUT2D eigenvalue weighted by atomic mass is 9.79. The molecule has 2 rings (SSSR count). The number of carbonyl (C=O) groups excluding carboxylic acids is 2. The average molecular weight is 296 g/mol. The van der Waals surface area contributed by atoms with Gasteiger partial charge in [0.15, 0.2) is 0 Å². The van der Waals surface area contributed by atoms with E-state index in [9.17, 15) is 9.59 Å². The normalized spacial score (nSPS) is 28.5. The fourth-order valence-electron chi connectivity index (χ4n) is 3.36. The molecule has 2 amide bonds. The summed E-state index contributed by atoms with van der Waals surface area (Å²) >= 11 is 0. The van der Waals surface area contributed by atoms with Crippen molar-refractivity contribution in [2.24, 2.45) is 5.92 Å². The van der Waals surface area contributed by atoms with Gasteiger partial charge < -0.3 is 15.0 Å². The molecule has 0 aromatic heterocycles. The summed E-state index contributed by atoms with van der Waals surface area (Å²) in [6.45, 7) is 6.63. The van der Waals surface area contributed by atoms with Crippen LogP contribution in [0.5, 0.6) is 0 Å². The summed E-state index contributed by atoms with van der Waals surface area (Å²) in [5.74, 6) is 0.408. The van der Waals surface area contributed by atoms with Crippen LogP contribution in [0.15, 0.2) is 0 Å². The SMILES string of the molecule is CCC1C(=O)NC(CC(C)C)C(=O)N1CC1(OC)CCC1. The number of methoxy groups -OCH3 is 1. The van der Waals surface area contributed by atoms with Gasteiger partial charge in [0.2, 0.25) is 11.8 Å². The van der Waals surface area contributed by atoms with E-state index in [1.165, 1.54) is 0 Å². The third kappa shape index (κ3) is 3.23. The van der Waals surface area contributed by atoms with Crippen LogP contribution in [0.25, 0.3) is 0 Å². The van der Waals surface area contributed by atoms with Gasteiger partial charge in [0, 0.05) is 7.11 Å². The second-order valence-electron chi connectivity index (χ2n) is 6.82. The van der Waals surface area contributed by atoms with Crippen molar-refractivity contribution in [3.63, 3.8) is 0 Å². The molecule has 2 atom stereocenters. The zero-order valence-electron chi connectivity index (χ0n) is 13.6. The van der Waals surface area contributed by atoms with Crippen LogP contribution >= 0.6 is 0 Å². The smallest absolute Gasteiger partial charge is 0.245 e. The van der Waals surface area contributed by atoms with Crippen LogP contribution in [0.2, 0.25) is 0 Å². The van der Waals surface area contributed by atoms with Crippen molar-refractivity contribution < 1.29 is 14.3 Å². The third-order valence-electron chi connectivity index (χ3n) is 4.83. The molecule has 21 heavy (non-hydrogen) atoms. The van der Waals surface area contributed by atoms with Gasteiger partial charge in [-0.2, -0.15) is 0 Å². The van der Waals surface area contributed by atoms with Gasteiger partial charge >= 0.3 is 0 Å². The van der Waals surface area contributed by atoms with Gasteiger partial charge in [-0.15, -0.1) is 0 Å². The molecule has 0 spiro atoms. The Bertz CT molecular complexity index is 399. The molecule has 1 aliphatic heterocycles. The molecule has 1 heterocycles. The Balaban J connectivity index is 2.16. The lowest BCUT2D eigenvalue weighted by Gasteiger charge is -2.48. The molecule has 1 aliphatic carbocycles. The standard InChI is InChI=1S/C16H28N2O3/c1-5-13-14(19)17-12(9-11(2)3)15(20)18(13)10-16(21-4)7-6-8-16/h11-13H,5-10H2,1-4H3,(H,17,19). The van der Waals surface area contributed by atoms with Gasteiger partial charge in [-0.3, -0.25) is 9.59 Å². The van der Waals surface area contributed by atoms with Crippen LogP contribution in [0.1, 0.15) is 52.9 Å². The van der Waals surface area contributed by atoms with Crippen LogP contribution in [-0.4, -0.2) is 48.1 Å². The number of ether oxygens (including phenoxy) is 1. The summed E-state index contributed by atoms with van der Waals surface area (Å²) in [6, 6.07) is -0.734. The van der Waals surface area contributed by atoms with Gasteiger partial charge in [0.25, 0.3) is 0 Å². The summed E-state index contributed by atoms with van der Waals surface area (Å²) in [5.41, 5.74) is -0.233. The van der Waals surface area contributed by atoms with E-state index in [1.807, 2.05) is 6.92 Å². The number of carbonyl (C=O) groups is 2. The maximum Gasteiger partial charge on any atom is 0.245 e. The lowest BCUT2D eigenvalue weighted by molar-refractivity contribution is -0.159. The molecular weight excluding hydrogens is 268 g/mol.